The maximum atomic E-state index is 11.5. The van der Waals surface area contributed by atoms with Crippen molar-refractivity contribution in [2.24, 2.45) is 5.73 Å². The van der Waals surface area contributed by atoms with Gasteiger partial charge >= 0.3 is 0 Å². The van der Waals surface area contributed by atoms with Crippen LogP contribution >= 0.6 is 0 Å². The molecule has 1 aliphatic rings. The van der Waals surface area contributed by atoms with Crippen molar-refractivity contribution in [2.75, 3.05) is 13.1 Å². The number of carbonyl (C=O) groups excluding carboxylic acids is 2. The van der Waals surface area contributed by atoms with Crippen LogP contribution in [0.25, 0.3) is 6.08 Å². The second-order valence-electron chi connectivity index (χ2n) is 9.10. The number of primary amides is 1. The first-order valence-corrected chi connectivity index (χ1v) is 13.4. The maximum absolute atomic E-state index is 11.5. The van der Waals surface area contributed by atoms with Crippen molar-refractivity contribution in [3.05, 3.63) is 48.8 Å². The van der Waals surface area contributed by atoms with Gasteiger partial charge in [0.2, 0.25) is 11.8 Å². The molecule has 0 spiro atoms. The highest BCUT2D eigenvalue weighted by atomic mass is 16.2. The van der Waals surface area contributed by atoms with Gasteiger partial charge in [-0.25, -0.2) is 0 Å². The van der Waals surface area contributed by atoms with Gasteiger partial charge in [-0.1, -0.05) is 69.7 Å². The average molecular weight is 470 g/mol. The van der Waals surface area contributed by atoms with Crippen LogP contribution in [-0.2, 0) is 9.59 Å². The summed E-state index contributed by atoms with van der Waals surface area (Å²) >= 11 is 0. The number of carbonyl (C=O) groups is 2. The minimum absolute atomic E-state index is 0.175. The number of hydrogen-bond donors (Lipinski definition) is 1. The van der Waals surface area contributed by atoms with Crippen molar-refractivity contribution in [3.63, 3.8) is 0 Å². The topological polar surface area (TPSA) is 76.3 Å². The van der Waals surface area contributed by atoms with Crippen molar-refractivity contribution in [3.8, 4) is 0 Å². The lowest BCUT2D eigenvalue weighted by Crippen LogP contribution is -2.25. The summed E-state index contributed by atoms with van der Waals surface area (Å²) in [5.41, 5.74) is 6.04. The molecule has 2 N–H and O–H groups in total. The average Bonchev–Trinajstić information content (AvgIpc) is 3.26. The van der Waals surface area contributed by atoms with E-state index in [2.05, 4.69) is 23.7 Å². The number of pyridine rings is 1. The van der Waals surface area contributed by atoms with E-state index in [0.29, 0.717) is 12.3 Å². The third-order valence-electron chi connectivity index (χ3n) is 6.08. The zero-order chi connectivity index (χ0) is 24.7. The highest BCUT2D eigenvalue weighted by molar-refractivity contribution is 5.78. The number of nitrogens with two attached hydrogens (primary N) is 1. The summed E-state index contributed by atoms with van der Waals surface area (Å²) in [6, 6.07) is 5.73. The Labute approximate surface area is 207 Å². The molecule has 0 aromatic carbocycles. The Morgan fingerprint density at radius 3 is 2.06 bits per heavy atom. The van der Waals surface area contributed by atoms with Crippen molar-refractivity contribution >= 4 is 17.9 Å². The number of amides is 2. The van der Waals surface area contributed by atoms with Gasteiger partial charge in [0.15, 0.2) is 0 Å². The van der Waals surface area contributed by atoms with Crippen molar-refractivity contribution in [2.45, 2.75) is 103 Å². The standard InChI is InChI=1S/C22H40N2O2.C7H7N/c23-21(25)17-14-12-10-8-6-4-2-1-3-5-7-9-11-13-15-19-24-20-16-18-22(24)26;1-2-7-5-3-4-6-8-7/h1-2H,3-20H2,(H2,23,25);2-6H,1H2/b2-1-;. The van der Waals surface area contributed by atoms with Crippen molar-refractivity contribution in [1.29, 1.82) is 0 Å². The van der Waals surface area contributed by atoms with E-state index in [0.717, 1.165) is 44.5 Å². The molecule has 190 valence electrons. The van der Waals surface area contributed by atoms with Crippen LogP contribution in [0.3, 0.4) is 0 Å². The van der Waals surface area contributed by atoms with Gasteiger partial charge in [0.1, 0.15) is 0 Å². The molecule has 0 unspecified atom stereocenters. The van der Waals surface area contributed by atoms with Gasteiger partial charge in [-0.05, 0) is 63.2 Å². The van der Waals surface area contributed by atoms with Gasteiger partial charge in [0, 0.05) is 32.1 Å². The number of hydrogen-bond acceptors (Lipinski definition) is 3. The van der Waals surface area contributed by atoms with E-state index in [1.54, 1.807) is 12.3 Å². The quantitative estimate of drug-likeness (QED) is 0.189. The molecule has 5 heteroatoms. The van der Waals surface area contributed by atoms with Gasteiger partial charge in [0.25, 0.3) is 0 Å². The van der Waals surface area contributed by atoms with E-state index in [-0.39, 0.29) is 5.91 Å². The Morgan fingerprint density at radius 2 is 1.56 bits per heavy atom. The van der Waals surface area contributed by atoms with Crippen molar-refractivity contribution in [1.82, 2.24) is 9.88 Å². The molecular weight excluding hydrogens is 422 g/mol. The largest absolute Gasteiger partial charge is 0.370 e. The lowest BCUT2D eigenvalue weighted by molar-refractivity contribution is -0.127. The fourth-order valence-electron chi connectivity index (χ4n) is 4.04. The first-order valence-electron chi connectivity index (χ1n) is 13.4. The molecule has 0 radical (unpaired) electrons. The summed E-state index contributed by atoms with van der Waals surface area (Å²) in [5.74, 6) is 0.186. The molecular formula is C29H47N3O2. The summed E-state index contributed by atoms with van der Waals surface area (Å²) < 4.78 is 0. The van der Waals surface area contributed by atoms with Crippen LogP contribution in [0.1, 0.15) is 108 Å². The van der Waals surface area contributed by atoms with Gasteiger partial charge in [0.05, 0.1) is 5.69 Å². The van der Waals surface area contributed by atoms with Gasteiger partial charge in [-0.15, -0.1) is 0 Å². The fourth-order valence-corrected chi connectivity index (χ4v) is 4.04. The lowest BCUT2D eigenvalue weighted by atomic mass is 10.1. The van der Waals surface area contributed by atoms with E-state index in [1.807, 2.05) is 23.1 Å². The molecule has 1 aromatic rings. The van der Waals surface area contributed by atoms with E-state index in [1.165, 1.54) is 70.6 Å². The molecule has 5 nitrogen and oxygen atoms in total. The molecule has 0 aliphatic carbocycles. The molecule has 0 atom stereocenters. The monoisotopic (exact) mass is 469 g/mol. The van der Waals surface area contributed by atoms with Crippen LogP contribution in [0.15, 0.2) is 43.1 Å². The number of allylic oxidation sites excluding steroid dienone is 2. The Bertz CT molecular complexity index is 688. The molecule has 1 aromatic heterocycles. The second-order valence-corrected chi connectivity index (χ2v) is 9.10. The number of unbranched alkanes of at least 4 members (excludes halogenated alkanes) is 11. The number of likely N-dealkylation sites (tertiary alicyclic amines) is 1. The van der Waals surface area contributed by atoms with Gasteiger partial charge in [-0.2, -0.15) is 0 Å². The molecule has 2 heterocycles. The minimum atomic E-state index is -0.175. The van der Waals surface area contributed by atoms with E-state index < -0.39 is 0 Å². The first kappa shape index (κ1) is 29.6. The number of nitrogens with zero attached hydrogens (tertiary/aromatic N) is 2. The predicted molar refractivity (Wildman–Crippen MR) is 143 cm³/mol. The molecule has 1 fully saturated rings. The summed E-state index contributed by atoms with van der Waals surface area (Å²) in [6.07, 6.45) is 26.4. The van der Waals surface area contributed by atoms with E-state index >= 15 is 0 Å². The SMILES string of the molecule is C=Cc1ccccn1.NC(=O)CCCCCCC/C=C\CCCCCCCCN1CCCC1=O. The number of aromatic nitrogens is 1. The van der Waals surface area contributed by atoms with Crippen LogP contribution in [0.4, 0.5) is 0 Å². The highest BCUT2D eigenvalue weighted by Gasteiger charge is 2.18. The molecule has 0 saturated carbocycles. The summed E-state index contributed by atoms with van der Waals surface area (Å²) in [5, 5.41) is 0. The summed E-state index contributed by atoms with van der Waals surface area (Å²) in [4.78, 5) is 28.1. The molecule has 1 saturated heterocycles. The zero-order valence-corrected chi connectivity index (χ0v) is 21.3. The Morgan fingerprint density at radius 1 is 0.941 bits per heavy atom. The Balaban J connectivity index is 0.000000605. The molecule has 1 aliphatic heterocycles. The van der Waals surface area contributed by atoms with Gasteiger partial charge < -0.3 is 10.6 Å². The van der Waals surface area contributed by atoms with Crippen LogP contribution in [0.2, 0.25) is 0 Å². The number of rotatable bonds is 18. The summed E-state index contributed by atoms with van der Waals surface area (Å²) in [7, 11) is 0. The zero-order valence-electron chi connectivity index (χ0n) is 21.3. The maximum Gasteiger partial charge on any atom is 0.222 e. The minimum Gasteiger partial charge on any atom is -0.370 e. The molecule has 2 amide bonds. The smallest absolute Gasteiger partial charge is 0.222 e. The van der Waals surface area contributed by atoms with E-state index in [4.69, 9.17) is 5.73 Å². The van der Waals surface area contributed by atoms with Crippen LogP contribution in [0, 0.1) is 0 Å². The Kier molecular flexibility index (Phi) is 18.4. The lowest BCUT2D eigenvalue weighted by Gasteiger charge is -2.14. The fraction of sp³-hybridized carbons (Fsp3) is 0.621. The van der Waals surface area contributed by atoms with Gasteiger partial charge in [-0.3, -0.25) is 14.6 Å². The second kappa shape index (κ2) is 21.1. The first-order chi connectivity index (χ1) is 16.6. The van der Waals surface area contributed by atoms with Crippen molar-refractivity contribution < 1.29 is 9.59 Å². The third kappa shape index (κ3) is 17.1. The van der Waals surface area contributed by atoms with Crippen LogP contribution in [0.5, 0.6) is 0 Å². The third-order valence-corrected chi connectivity index (χ3v) is 6.08. The van der Waals surface area contributed by atoms with Crippen LogP contribution < -0.4 is 5.73 Å². The summed E-state index contributed by atoms with van der Waals surface area (Å²) in [6.45, 7) is 5.53. The van der Waals surface area contributed by atoms with Crippen LogP contribution in [-0.4, -0.2) is 34.8 Å². The predicted octanol–water partition coefficient (Wildman–Crippen LogP) is 6.84. The molecule has 34 heavy (non-hydrogen) atoms. The normalized spacial score (nSPS) is 13.2. The Hall–Kier alpha value is -2.43. The molecule has 2 rings (SSSR count). The van der Waals surface area contributed by atoms with E-state index in [9.17, 15) is 9.59 Å². The highest BCUT2D eigenvalue weighted by Crippen LogP contribution is 2.13. The molecule has 0 bridgehead atoms.